The first kappa shape index (κ1) is 31.5. The Kier molecular flexibility index (Phi) is 7.54. The van der Waals surface area contributed by atoms with Crippen molar-refractivity contribution < 1.29 is 24.3 Å². The van der Waals surface area contributed by atoms with Crippen molar-refractivity contribution in [2.45, 2.75) is 37.5 Å². The molecule has 6 atom stereocenters. The van der Waals surface area contributed by atoms with Gasteiger partial charge >= 0.3 is 0 Å². The van der Waals surface area contributed by atoms with E-state index in [0.29, 0.717) is 33.9 Å². The summed E-state index contributed by atoms with van der Waals surface area (Å²) in [5.74, 6) is -4.98. The summed E-state index contributed by atoms with van der Waals surface area (Å²) in [4.78, 5) is 61.1. The molecule has 1 saturated carbocycles. The van der Waals surface area contributed by atoms with Gasteiger partial charge in [0.1, 0.15) is 5.75 Å². The van der Waals surface area contributed by atoms with Crippen LogP contribution in [0.3, 0.4) is 0 Å². The molecule has 6 unspecified atom stereocenters. The largest absolute Gasteiger partial charge is 0.508 e. The third kappa shape index (κ3) is 4.55. The summed E-state index contributed by atoms with van der Waals surface area (Å²) in [7, 11) is 0. The van der Waals surface area contributed by atoms with Gasteiger partial charge in [-0.15, -0.1) is 0 Å². The zero-order valence-corrected chi connectivity index (χ0v) is 28.1. The number of amides is 4. The first-order valence-electron chi connectivity index (χ1n) is 16.5. The van der Waals surface area contributed by atoms with Gasteiger partial charge in [0.2, 0.25) is 23.6 Å². The average Bonchev–Trinajstić information content (AvgIpc) is 3.49. The third-order valence-corrected chi connectivity index (χ3v) is 11.6. The van der Waals surface area contributed by atoms with E-state index in [2.05, 4.69) is 0 Å². The summed E-state index contributed by atoms with van der Waals surface area (Å²) in [5, 5.41) is 11.0. The molecule has 1 N–H and O–H groups in total. The molecule has 4 amide bonds. The molecule has 246 valence electrons. The van der Waals surface area contributed by atoms with Crippen LogP contribution >= 0.6 is 23.2 Å². The first-order chi connectivity index (χ1) is 23.7. The van der Waals surface area contributed by atoms with Crippen LogP contribution in [-0.4, -0.2) is 28.7 Å². The quantitative estimate of drug-likeness (QED) is 0.172. The minimum atomic E-state index is -1.45. The summed E-state index contributed by atoms with van der Waals surface area (Å²) in [6, 6.07) is 28.0. The van der Waals surface area contributed by atoms with Crippen molar-refractivity contribution in [1.29, 1.82) is 0 Å². The van der Waals surface area contributed by atoms with Crippen LogP contribution in [0.1, 0.15) is 42.4 Å². The van der Waals surface area contributed by atoms with Gasteiger partial charge < -0.3 is 5.11 Å². The van der Waals surface area contributed by atoms with E-state index in [0.717, 1.165) is 17.6 Å². The topological polar surface area (TPSA) is 95.0 Å². The van der Waals surface area contributed by atoms with Crippen LogP contribution in [0.25, 0.3) is 0 Å². The van der Waals surface area contributed by atoms with E-state index in [1.54, 1.807) is 30.3 Å². The Bertz CT molecular complexity index is 2080. The number of carbonyl (C=O) groups is 4. The molecule has 2 heterocycles. The molecule has 0 spiro atoms. The van der Waals surface area contributed by atoms with Crippen LogP contribution < -0.4 is 9.80 Å². The Balaban J connectivity index is 1.34. The van der Waals surface area contributed by atoms with Gasteiger partial charge in [-0.25, -0.2) is 4.90 Å². The highest BCUT2D eigenvalue weighted by Crippen LogP contribution is 2.65. The first-order valence-corrected chi connectivity index (χ1v) is 17.3. The van der Waals surface area contributed by atoms with Crippen molar-refractivity contribution in [2.24, 2.45) is 23.7 Å². The van der Waals surface area contributed by atoms with Crippen molar-refractivity contribution in [3.63, 3.8) is 0 Å². The van der Waals surface area contributed by atoms with E-state index in [1.165, 1.54) is 21.9 Å². The molecule has 9 heteroatoms. The van der Waals surface area contributed by atoms with Crippen LogP contribution in [0.5, 0.6) is 5.75 Å². The number of anilines is 2. The van der Waals surface area contributed by atoms with E-state index in [4.69, 9.17) is 23.2 Å². The molecule has 2 aliphatic heterocycles. The molecule has 4 aliphatic rings. The Hall–Kier alpha value is -4.72. The minimum absolute atomic E-state index is 0.0419. The second-order valence-electron chi connectivity index (χ2n) is 13.3. The second-order valence-corrected chi connectivity index (χ2v) is 14.2. The zero-order valence-electron chi connectivity index (χ0n) is 26.6. The van der Waals surface area contributed by atoms with Gasteiger partial charge in [0, 0.05) is 16.0 Å². The number of nitrogens with zero attached hydrogens (tertiary/aromatic N) is 2. The summed E-state index contributed by atoms with van der Waals surface area (Å²) >= 11 is 13.3. The van der Waals surface area contributed by atoms with E-state index in [-0.39, 0.29) is 29.0 Å². The van der Waals surface area contributed by atoms with Crippen LogP contribution in [0.15, 0.2) is 109 Å². The maximum absolute atomic E-state index is 15.3. The SMILES string of the molecule is CCc1ccc(N2C(=O)C3CC=C4C(CC5C(=O)N(c6cccc(Cl)c6)C(=O)C5(c5ccccc5)C4c4ccc(O)cc4Cl)C3C2=O)cc1. The number of aryl methyl sites for hydroxylation is 1. The molecule has 0 radical (unpaired) electrons. The summed E-state index contributed by atoms with van der Waals surface area (Å²) in [6.07, 6.45) is 3.30. The molecule has 2 aliphatic carbocycles. The molecule has 3 fully saturated rings. The van der Waals surface area contributed by atoms with Gasteiger partial charge in [-0.3, -0.25) is 24.1 Å². The Morgan fingerprint density at radius 2 is 1.53 bits per heavy atom. The van der Waals surface area contributed by atoms with E-state index in [9.17, 15) is 19.5 Å². The number of aromatic hydroxyl groups is 1. The van der Waals surface area contributed by atoms with Crippen LogP contribution in [0.2, 0.25) is 10.0 Å². The molecule has 7 nitrogen and oxygen atoms in total. The normalized spacial score (nSPS) is 27.6. The van der Waals surface area contributed by atoms with E-state index < -0.39 is 46.8 Å². The number of allylic oxidation sites excluding steroid dienone is 2. The van der Waals surface area contributed by atoms with Crippen molar-refractivity contribution >= 4 is 58.2 Å². The number of phenolic OH excluding ortho intramolecular Hbond substituents is 1. The van der Waals surface area contributed by atoms with E-state index in [1.807, 2.05) is 67.6 Å². The van der Waals surface area contributed by atoms with Crippen LogP contribution in [0.4, 0.5) is 11.4 Å². The molecule has 4 aromatic rings. The number of phenols is 1. The predicted molar refractivity (Wildman–Crippen MR) is 188 cm³/mol. The number of hydrogen-bond donors (Lipinski definition) is 1. The lowest BCUT2D eigenvalue weighted by atomic mass is 9.49. The van der Waals surface area contributed by atoms with Gasteiger partial charge in [-0.05, 0) is 84.3 Å². The zero-order chi connectivity index (χ0) is 34.2. The fourth-order valence-electron chi connectivity index (χ4n) is 8.97. The second kappa shape index (κ2) is 11.7. The van der Waals surface area contributed by atoms with Crippen molar-refractivity contribution in [3.05, 3.63) is 135 Å². The average molecular weight is 692 g/mol. The smallest absolute Gasteiger partial charge is 0.246 e. The molecule has 4 aromatic carbocycles. The molecule has 0 bridgehead atoms. The maximum Gasteiger partial charge on any atom is 0.246 e. The van der Waals surface area contributed by atoms with Crippen molar-refractivity contribution in [2.75, 3.05) is 9.80 Å². The minimum Gasteiger partial charge on any atom is -0.508 e. The highest BCUT2D eigenvalue weighted by atomic mass is 35.5. The monoisotopic (exact) mass is 690 g/mol. The van der Waals surface area contributed by atoms with Gasteiger partial charge in [0.05, 0.1) is 34.5 Å². The lowest BCUT2D eigenvalue weighted by Gasteiger charge is -2.51. The lowest BCUT2D eigenvalue weighted by molar-refractivity contribution is -0.127. The molecule has 8 rings (SSSR count). The van der Waals surface area contributed by atoms with Crippen molar-refractivity contribution in [1.82, 2.24) is 0 Å². The Morgan fingerprint density at radius 1 is 0.776 bits per heavy atom. The molecule has 2 saturated heterocycles. The Labute approximate surface area is 293 Å². The number of rotatable bonds is 5. The molecular formula is C40H32Cl2N2O5. The van der Waals surface area contributed by atoms with Crippen LogP contribution in [0, 0.1) is 23.7 Å². The number of imide groups is 2. The molecule has 49 heavy (non-hydrogen) atoms. The predicted octanol–water partition coefficient (Wildman–Crippen LogP) is 7.63. The molecule has 0 aromatic heterocycles. The number of hydrogen-bond acceptors (Lipinski definition) is 5. The lowest BCUT2D eigenvalue weighted by Crippen LogP contribution is -2.53. The van der Waals surface area contributed by atoms with Gasteiger partial charge in [0.25, 0.3) is 0 Å². The van der Waals surface area contributed by atoms with Crippen LogP contribution in [-0.2, 0) is 31.0 Å². The summed E-state index contributed by atoms with van der Waals surface area (Å²) < 4.78 is 0. The number of carbonyl (C=O) groups excluding carboxylic acids is 4. The Morgan fingerprint density at radius 3 is 2.22 bits per heavy atom. The fraction of sp³-hybridized carbons (Fsp3) is 0.250. The highest BCUT2D eigenvalue weighted by Gasteiger charge is 2.70. The standard InChI is InChI=1S/C40H32Cl2N2O5/c1-2-22-11-13-25(14-12-22)43-36(46)30-18-17-28-31(34(30)38(43)48)21-32-37(47)44(26-10-6-9-24(41)19-26)39(49)40(32,23-7-4-3-5-8-23)35(28)29-16-15-27(45)20-33(29)42/h3-17,19-20,30-32,34-35,45H,2,18,21H2,1H3. The van der Waals surface area contributed by atoms with Crippen molar-refractivity contribution in [3.8, 4) is 5.75 Å². The van der Waals surface area contributed by atoms with Gasteiger partial charge in [-0.1, -0.05) is 96.4 Å². The number of fused-ring (bicyclic) bond motifs is 4. The molecular weight excluding hydrogens is 659 g/mol. The summed E-state index contributed by atoms with van der Waals surface area (Å²) in [5.41, 5.74) is 2.52. The number of benzene rings is 4. The highest BCUT2D eigenvalue weighted by molar-refractivity contribution is 6.33. The number of halogens is 2. The van der Waals surface area contributed by atoms with E-state index >= 15 is 4.79 Å². The van der Waals surface area contributed by atoms with Gasteiger partial charge in [0.15, 0.2) is 0 Å². The maximum atomic E-state index is 15.3. The third-order valence-electron chi connectivity index (χ3n) is 11.1. The summed E-state index contributed by atoms with van der Waals surface area (Å²) in [6.45, 7) is 2.04. The van der Waals surface area contributed by atoms with Gasteiger partial charge in [-0.2, -0.15) is 0 Å². The fourth-order valence-corrected chi connectivity index (χ4v) is 9.44.